The molecule has 1 heterocycles. The van der Waals surface area contributed by atoms with Crippen molar-refractivity contribution in [1.29, 1.82) is 0 Å². The molecule has 0 bridgehead atoms. The summed E-state index contributed by atoms with van der Waals surface area (Å²) in [6.45, 7) is 2.94. The Balaban J connectivity index is 2.02. The van der Waals surface area contributed by atoms with Crippen LogP contribution < -0.4 is 5.32 Å². The fourth-order valence-electron chi connectivity index (χ4n) is 1.62. The molecule has 0 atom stereocenters. The molecule has 0 saturated heterocycles. The van der Waals surface area contributed by atoms with Crippen LogP contribution in [0.1, 0.15) is 18.1 Å². The normalized spacial score (nSPS) is 10.4. The molecule has 4 heteroatoms. The van der Waals surface area contributed by atoms with Crippen LogP contribution in [-0.2, 0) is 13.0 Å². The van der Waals surface area contributed by atoms with Crippen LogP contribution in [0.25, 0.3) is 0 Å². The summed E-state index contributed by atoms with van der Waals surface area (Å²) in [5, 5.41) is 3.32. The smallest absolute Gasteiger partial charge is 0.140 e. The van der Waals surface area contributed by atoms with Crippen LogP contribution in [0.15, 0.2) is 45.5 Å². The van der Waals surface area contributed by atoms with E-state index in [0.29, 0.717) is 0 Å². The van der Waals surface area contributed by atoms with Gasteiger partial charge in [0.1, 0.15) is 5.82 Å². The van der Waals surface area contributed by atoms with Gasteiger partial charge in [-0.25, -0.2) is 4.98 Å². The van der Waals surface area contributed by atoms with Crippen LogP contribution in [0.5, 0.6) is 0 Å². The number of anilines is 1. The molecule has 1 aromatic carbocycles. The zero-order chi connectivity index (χ0) is 13.0. The third-order valence-corrected chi connectivity index (χ3v) is 3.74. The van der Waals surface area contributed by atoms with E-state index in [2.05, 4.69) is 73.3 Å². The van der Waals surface area contributed by atoms with Crippen LogP contribution in [-0.4, -0.2) is 4.98 Å². The van der Waals surface area contributed by atoms with E-state index in [9.17, 15) is 0 Å². The number of pyridine rings is 1. The number of nitrogens with one attached hydrogen (secondary N) is 1. The molecule has 0 amide bonds. The van der Waals surface area contributed by atoms with Gasteiger partial charge in [-0.05, 0) is 55.5 Å². The van der Waals surface area contributed by atoms with E-state index in [4.69, 9.17) is 0 Å². The fraction of sp³-hybridized carbons (Fsp3) is 0.214. The first kappa shape index (κ1) is 13.6. The Labute approximate surface area is 124 Å². The second-order valence-corrected chi connectivity index (χ2v) is 5.78. The topological polar surface area (TPSA) is 24.9 Å². The van der Waals surface area contributed by atoms with Gasteiger partial charge in [0.2, 0.25) is 0 Å². The number of rotatable bonds is 4. The quantitative estimate of drug-likeness (QED) is 0.838. The molecular formula is C14H14Br2N2. The van der Waals surface area contributed by atoms with E-state index in [1.807, 2.05) is 6.07 Å². The van der Waals surface area contributed by atoms with Crippen molar-refractivity contribution < 1.29 is 0 Å². The van der Waals surface area contributed by atoms with Gasteiger partial charge in [-0.2, -0.15) is 0 Å². The lowest BCUT2D eigenvalue weighted by molar-refractivity contribution is 1.08. The molecule has 0 aliphatic heterocycles. The number of hydrogen-bond acceptors (Lipinski definition) is 2. The number of nitrogens with zero attached hydrogens (tertiary/aromatic N) is 1. The van der Waals surface area contributed by atoms with Crippen molar-refractivity contribution >= 4 is 37.7 Å². The highest BCUT2D eigenvalue weighted by atomic mass is 79.9. The van der Waals surface area contributed by atoms with Crippen molar-refractivity contribution in [2.24, 2.45) is 0 Å². The number of aromatic nitrogens is 1. The molecule has 94 valence electrons. The summed E-state index contributed by atoms with van der Waals surface area (Å²) in [6, 6.07) is 10.6. The Morgan fingerprint density at radius 1 is 1.11 bits per heavy atom. The molecule has 0 fully saturated rings. The Morgan fingerprint density at radius 2 is 1.78 bits per heavy atom. The van der Waals surface area contributed by atoms with E-state index in [1.54, 1.807) is 6.20 Å². The van der Waals surface area contributed by atoms with Gasteiger partial charge in [0.25, 0.3) is 0 Å². The van der Waals surface area contributed by atoms with Crippen LogP contribution >= 0.6 is 31.9 Å². The summed E-state index contributed by atoms with van der Waals surface area (Å²) < 4.78 is 1.93. The van der Waals surface area contributed by atoms with Gasteiger partial charge in [-0.1, -0.05) is 31.2 Å². The molecule has 0 saturated carbocycles. The maximum absolute atomic E-state index is 4.32. The first-order valence-electron chi connectivity index (χ1n) is 5.81. The zero-order valence-corrected chi connectivity index (χ0v) is 13.3. The minimum Gasteiger partial charge on any atom is -0.365 e. The lowest BCUT2D eigenvalue weighted by atomic mass is 10.1. The lowest BCUT2D eigenvalue weighted by Crippen LogP contribution is -2.02. The number of benzene rings is 1. The predicted octanol–water partition coefficient (Wildman–Crippen LogP) is 4.78. The minimum absolute atomic E-state index is 0.775. The van der Waals surface area contributed by atoms with Crippen molar-refractivity contribution in [1.82, 2.24) is 4.98 Å². The molecule has 2 rings (SSSR count). The number of hydrogen-bond donors (Lipinski definition) is 1. The standard InChI is InChI=1S/C14H14Br2N2/c1-2-10-3-5-11(6-4-10)8-17-14-13(16)7-12(15)9-18-14/h3-7,9H,2,8H2,1H3,(H,17,18). The highest BCUT2D eigenvalue weighted by molar-refractivity contribution is 9.11. The predicted molar refractivity (Wildman–Crippen MR) is 82.8 cm³/mol. The van der Waals surface area contributed by atoms with Crippen molar-refractivity contribution in [3.8, 4) is 0 Å². The van der Waals surface area contributed by atoms with Crippen molar-refractivity contribution in [3.05, 3.63) is 56.6 Å². The molecular weight excluding hydrogens is 356 g/mol. The third-order valence-electron chi connectivity index (χ3n) is 2.70. The van der Waals surface area contributed by atoms with Gasteiger partial charge in [-0.3, -0.25) is 0 Å². The van der Waals surface area contributed by atoms with E-state index < -0.39 is 0 Å². The highest BCUT2D eigenvalue weighted by Crippen LogP contribution is 2.23. The van der Waals surface area contributed by atoms with Gasteiger partial charge in [0, 0.05) is 17.2 Å². The molecule has 0 aliphatic carbocycles. The van der Waals surface area contributed by atoms with E-state index in [-0.39, 0.29) is 0 Å². The largest absolute Gasteiger partial charge is 0.365 e. The van der Waals surface area contributed by atoms with E-state index >= 15 is 0 Å². The van der Waals surface area contributed by atoms with Gasteiger partial charge in [0.15, 0.2) is 0 Å². The van der Waals surface area contributed by atoms with Crippen molar-refractivity contribution in [2.45, 2.75) is 19.9 Å². The van der Waals surface area contributed by atoms with E-state index in [0.717, 1.165) is 27.7 Å². The first-order chi connectivity index (χ1) is 8.69. The number of aryl methyl sites for hydroxylation is 1. The molecule has 18 heavy (non-hydrogen) atoms. The van der Waals surface area contributed by atoms with Crippen LogP contribution in [0, 0.1) is 0 Å². The van der Waals surface area contributed by atoms with Crippen LogP contribution in [0.3, 0.4) is 0 Å². The first-order valence-corrected chi connectivity index (χ1v) is 7.40. The average molecular weight is 370 g/mol. The van der Waals surface area contributed by atoms with Crippen molar-refractivity contribution in [3.63, 3.8) is 0 Å². The number of halogens is 2. The summed E-state index contributed by atoms with van der Waals surface area (Å²) >= 11 is 6.88. The molecule has 0 spiro atoms. The summed E-state index contributed by atoms with van der Waals surface area (Å²) in [5.41, 5.74) is 2.62. The lowest BCUT2D eigenvalue weighted by Gasteiger charge is -2.08. The zero-order valence-electron chi connectivity index (χ0n) is 10.1. The average Bonchev–Trinajstić information content (AvgIpc) is 2.38. The second kappa shape index (κ2) is 6.34. The summed E-state index contributed by atoms with van der Waals surface area (Å²) in [5.74, 6) is 0.859. The Hall–Kier alpha value is -0.870. The minimum atomic E-state index is 0.775. The SMILES string of the molecule is CCc1ccc(CNc2ncc(Br)cc2Br)cc1. The summed E-state index contributed by atoms with van der Waals surface area (Å²) in [7, 11) is 0. The monoisotopic (exact) mass is 368 g/mol. The maximum atomic E-state index is 4.32. The van der Waals surface area contributed by atoms with Gasteiger partial charge in [0.05, 0.1) is 4.47 Å². The van der Waals surface area contributed by atoms with Gasteiger partial charge in [-0.15, -0.1) is 0 Å². The molecule has 1 N–H and O–H groups in total. The van der Waals surface area contributed by atoms with Gasteiger partial charge < -0.3 is 5.32 Å². The fourth-order valence-corrected chi connectivity index (χ4v) is 2.75. The molecule has 1 aromatic heterocycles. The Bertz CT molecular complexity index is 524. The van der Waals surface area contributed by atoms with Crippen LogP contribution in [0.2, 0.25) is 0 Å². The maximum Gasteiger partial charge on any atom is 0.140 e. The van der Waals surface area contributed by atoms with Crippen molar-refractivity contribution in [2.75, 3.05) is 5.32 Å². The molecule has 0 radical (unpaired) electrons. The Morgan fingerprint density at radius 3 is 2.39 bits per heavy atom. The molecule has 2 aromatic rings. The molecule has 0 unspecified atom stereocenters. The second-order valence-electron chi connectivity index (χ2n) is 4.01. The summed E-state index contributed by atoms with van der Waals surface area (Å²) in [4.78, 5) is 4.32. The third kappa shape index (κ3) is 3.56. The van der Waals surface area contributed by atoms with E-state index in [1.165, 1.54) is 11.1 Å². The summed E-state index contributed by atoms with van der Waals surface area (Å²) in [6.07, 6.45) is 2.86. The van der Waals surface area contributed by atoms with Crippen LogP contribution in [0.4, 0.5) is 5.82 Å². The highest BCUT2D eigenvalue weighted by Gasteiger charge is 2.01. The molecule has 0 aliphatic rings. The van der Waals surface area contributed by atoms with Gasteiger partial charge >= 0.3 is 0 Å². The Kier molecular flexibility index (Phi) is 4.78. The molecule has 2 nitrogen and oxygen atoms in total.